The van der Waals surface area contributed by atoms with Gasteiger partial charge in [-0.1, -0.05) is 0 Å². The summed E-state index contributed by atoms with van der Waals surface area (Å²) in [5, 5.41) is 9.35. The number of nitro benzene ring substituents is 1. The fourth-order valence-corrected chi connectivity index (χ4v) is 1.50. The first-order valence-corrected chi connectivity index (χ1v) is 4.44. The maximum Gasteiger partial charge on any atom is 0.273 e. The third-order valence-electron chi connectivity index (χ3n) is 1.44. The third kappa shape index (κ3) is 2.08. The second-order valence-electron chi connectivity index (χ2n) is 2.32. The van der Waals surface area contributed by atoms with Gasteiger partial charge in [-0.3, -0.25) is 14.9 Å². The summed E-state index contributed by atoms with van der Waals surface area (Å²) in [5.74, 6) is -0.900. The maximum absolute atomic E-state index is 13.0. The van der Waals surface area contributed by atoms with Gasteiger partial charge < -0.3 is 0 Å². The van der Waals surface area contributed by atoms with Crippen molar-refractivity contribution in [3.05, 3.63) is 38.1 Å². The van der Waals surface area contributed by atoms with Crippen LogP contribution in [0.2, 0.25) is 0 Å². The molecular weight excluding hydrogens is 280 g/mol. The van der Waals surface area contributed by atoms with Crippen LogP contribution in [0, 0.1) is 15.9 Å². The Hall–Kier alpha value is -1.01. The molecule has 74 valence electrons. The Labute approximate surface area is 90.9 Å². The van der Waals surface area contributed by atoms with Crippen molar-refractivity contribution in [2.75, 3.05) is 0 Å². The van der Waals surface area contributed by atoms with Crippen LogP contribution in [0.4, 0.5) is 10.1 Å². The van der Waals surface area contributed by atoms with Crippen molar-refractivity contribution in [3.63, 3.8) is 0 Å². The predicted molar refractivity (Wildman–Crippen MR) is 50.9 cm³/mol. The molecule has 0 saturated heterocycles. The Kier molecular flexibility index (Phi) is 3.17. The molecule has 14 heavy (non-hydrogen) atoms. The van der Waals surface area contributed by atoms with E-state index in [1.807, 2.05) is 0 Å². The maximum atomic E-state index is 13.0. The summed E-state index contributed by atoms with van der Waals surface area (Å²) >= 11 is 7.86. The molecule has 0 amide bonds. The zero-order chi connectivity index (χ0) is 10.9. The van der Waals surface area contributed by atoms with Gasteiger partial charge in [0.15, 0.2) is 0 Å². The Morgan fingerprint density at radius 3 is 2.57 bits per heavy atom. The largest absolute Gasteiger partial charge is 0.276 e. The van der Waals surface area contributed by atoms with Gasteiger partial charge in [-0.2, -0.15) is 0 Å². The van der Waals surface area contributed by atoms with Gasteiger partial charge in [0.2, 0.25) is 0 Å². The topological polar surface area (TPSA) is 60.2 Å². The molecule has 0 radical (unpaired) electrons. The summed E-state index contributed by atoms with van der Waals surface area (Å²) < 4.78 is 12.8. The van der Waals surface area contributed by atoms with E-state index in [0.29, 0.717) is 6.07 Å². The van der Waals surface area contributed by atoms with Crippen molar-refractivity contribution in [1.82, 2.24) is 0 Å². The zero-order valence-electron chi connectivity index (χ0n) is 6.46. The molecule has 1 rings (SSSR count). The molecule has 0 saturated carbocycles. The number of nitrogens with zero attached hydrogens (tertiary/aromatic N) is 1. The van der Waals surface area contributed by atoms with E-state index in [1.54, 1.807) is 0 Å². The molecular formula is C7H2BrClFNO3. The lowest BCUT2D eigenvalue weighted by Crippen LogP contribution is -1.97. The number of halogens is 3. The normalized spacial score (nSPS) is 9.93. The van der Waals surface area contributed by atoms with Crippen molar-refractivity contribution in [3.8, 4) is 0 Å². The zero-order valence-corrected chi connectivity index (χ0v) is 8.80. The van der Waals surface area contributed by atoms with Gasteiger partial charge in [-0.25, -0.2) is 4.39 Å². The molecule has 0 aliphatic rings. The summed E-state index contributed by atoms with van der Waals surface area (Å²) in [4.78, 5) is 20.2. The molecule has 0 fully saturated rings. The summed E-state index contributed by atoms with van der Waals surface area (Å²) in [6, 6.07) is 1.61. The van der Waals surface area contributed by atoms with Crippen LogP contribution < -0.4 is 0 Å². The van der Waals surface area contributed by atoms with Gasteiger partial charge in [0, 0.05) is 6.07 Å². The van der Waals surface area contributed by atoms with E-state index < -0.39 is 21.7 Å². The molecule has 0 aliphatic carbocycles. The van der Waals surface area contributed by atoms with Crippen LogP contribution in [-0.2, 0) is 0 Å². The number of nitro groups is 1. The molecule has 0 atom stereocenters. The Bertz CT molecular complexity index is 424. The Morgan fingerprint density at radius 1 is 1.57 bits per heavy atom. The minimum atomic E-state index is -0.959. The first kappa shape index (κ1) is 11.1. The molecule has 1 aromatic carbocycles. The number of benzene rings is 1. The van der Waals surface area contributed by atoms with E-state index in [0.717, 1.165) is 6.07 Å². The molecule has 1 aromatic rings. The quantitative estimate of drug-likeness (QED) is 0.476. The SMILES string of the molecule is O=C(Cl)c1cc([N+](=O)[O-])cc(F)c1Br. The third-order valence-corrected chi connectivity index (χ3v) is 2.45. The van der Waals surface area contributed by atoms with Crippen LogP contribution in [0.3, 0.4) is 0 Å². The second-order valence-corrected chi connectivity index (χ2v) is 3.46. The molecule has 0 heterocycles. The van der Waals surface area contributed by atoms with Crippen molar-refractivity contribution in [1.29, 1.82) is 0 Å². The van der Waals surface area contributed by atoms with Crippen molar-refractivity contribution in [2.24, 2.45) is 0 Å². The monoisotopic (exact) mass is 281 g/mol. The molecule has 0 N–H and O–H groups in total. The number of hydrogen-bond acceptors (Lipinski definition) is 3. The lowest BCUT2D eigenvalue weighted by Gasteiger charge is -2.00. The van der Waals surface area contributed by atoms with E-state index >= 15 is 0 Å². The minimum absolute atomic E-state index is 0.178. The van der Waals surface area contributed by atoms with Gasteiger partial charge in [-0.05, 0) is 27.5 Å². The van der Waals surface area contributed by atoms with Gasteiger partial charge in [-0.15, -0.1) is 0 Å². The van der Waals surface area contributed by atoms with E-state index in [2.05, 4.69) is 15.9 Å². The van der Waals surface area contributed by atoms with Crippen LogP contribution in [-0.4, -0.2) is 10.2 Å². The van der Waals surface area contributed by atoms with Crippen LogP contribution in [0.1, 0.15) is 10.4 Å². The summed E-state index contributed by atoms with van der Waals surface area (Å²) in [7, 11) is 0. The van der Waals surface area contributed by atoms with Crippen LogP contribution >= 0.6 is 27.5 Å². The molecule has 0 bridgehead atoms. The van der Waals surface area contributed by atoms with Gasteiger partial charge in [0.25, 0.3) is 10.9 Å². The van der Waals surface area contributed by atoms with Gasteiger partial charge in [0.05, 0.1) is 21.0 Å². The highest BCUT2D eigenvalue weighted by Crippen LogP contribution is 2.27. The first-order valence-electron chi connectivity index (χ1n) is 3.26. The van der Waals surface area contributed by atoms with Crippen LogP contribution in [0.25, 0.3) is 0 Å². The van der Waals surface area contributed by atoms with Crippen LogP contribution in [0.5, 0.6) is 0 Å². The van der Waals surface area contributed by atoms with E-state index in [4.69, 9.17) is 11.6 Å². The van der Waals surface area contributed by atoms with Crippen molar-refractivity contribution in [2.45, 2.75) is 0 Å². The second kappa shape index (κ2) is 4.02. The average Bonchev–Trinajstić information content (AvgIpc) is 2.08. The van der Waals surface area contributed by atoms with Gasteiger partial charge >= 0.3 is 0 Å². The molecule has 0 aromatic heterocycles. The summed E-state index contributed by atoms with van der Waals surface area (Å²) in [5.41, 5.74) is -0.784. The lowest BCUT2D eigenvalue weighted by atomic mass is 10.2. The predicted octanol–water partition coefficient (Wildman–Crippen LogP) is 2.88. The highest BCUT2D eigenvalue weighted by atomic mass is 79.9. The fourth-order valence-electron chi connectivity index (χ4n) is 0.823. The molecule has 0 unspecified atom stereocenters. The smallest absolute Gasteiger partial charge is 0.273 e. The molecule has 0 spiro atoms. The first-order chi connectivity index (χ1) is 6.43. The molecule has 0 aliphatic heterocycles. The standard InChI is InChI=1S/C7H2BrClFNO3/c8-6-4(7(9)12)1-3(11(13)14)2-5(6)10/h1-2H. The van der Waals surface area contributed by atoms with Gasteiger partial charge in [0.1, 0.15) is 5.82 Å². The minimum Gasteiger partial charge on any atom is -0.276 e. The number of rotatable bonds is 2. The van der Waals surface area contributed by atoms with E-state index in [-0.39, 0.29) is 10.0 Å². The van der Waals surface area contributed by atoms with Crippen molar-refractivity contribution >= 4 is 38.5 Å². The summed E-state index contributed by atoms with van der Waals surface area (Å²) in [6.07, 6.45) is 0. The van der Waals surface area contributed by atoms with Crippen LogP contribution in [0.15, 0.2) is 16.6 Å². The average molecular weight is 282 g/mol. The highest BCUT2D eigenvalue weighted by molar-refractivity contribution is 9.10. The summed E-state index contributed by atoms with van der Waals surface area (Å²) in [6.45, 7) is 0. The number of carbonyl (C=O) groups is 1. The number of hydrogen-bond donors (Lipinski definition) is 0. The Balaban J connectivity index is 3.43. The van der Waals surface area contributed by atoms with E-state index in [9.17, 15) is 19.3 Å². The lowest BCUT2D eigenvalue weighted by molar-refractivity contribution is -0.385. The molecule has 7 heteroatoms. The van der Waals surface area contributed by atoms with Crippen molar-refractivity contribution < 1.29 is 14.1 Å². The highest BCUT2D eigenvalue weighted by Gasteiger charge is 2.18. The number of carbonyl (C=O) groups excluding carboxylic acids is 1. The Morgan fingerprint density at radius 2 is 2.14 bits per heavy atom. The molecule has 4 nitrogen and oxygen atoms in total. The fraction of sp³-hybridized carbons (Fsp3) is 0. The van der Waals surface area contributed by atoms with E-state index in [1.165, 1.54) is 0 Å². The number of non-ortho nitro benzene ring substituents is 1.